The molecule has 0 radical (unpaired) electrons. The summed E-state index contributed by atoms with van der Waals surface area (Å²) in [5.74, 6) is 0. The Bertz CT molecular complexity index is 667. The van der Waals surface area contributed by atoms with E-state index in [1.807, 2.05) is 20.8 Å². The second kappa shape index (κ2) is 5.10. The van der Waals surface area contributed by atoms with Crippen molar-refractivity contribution in [2.45, 2.75) is 51.7 Å². The molecule has 0 fully saturated rings. The summed E-state index contributed by atoms with van der Waals surface area (Å²) in [7, 11) is 0. The Labute approximate surface area is 125 Å². The quantitative estimate of drug-likeness (QED) is 0.874. The first-order valence-corrected chi connectivity index (χ1v) is 7.50. The van der Waals surface area contributed by atoms with Gasteiger partial charge in [0, 0.05) is 23.4 Å². The van der Waals surface area contributed by atoms with Crippen molar-refractivity contribution in [3.05, 3.63) is 41.7 Å². The van der Waals surface area contributed by atoms with E-state index in [2.05, 4.69) is 40.2 Å². The fourth-order valence-corrected chi connectivity index (χ4v) is 2.97. The molecule has 0 saturated carbocycles. The number of ether oxygens (including phenoxy) is 1. The van der Waals surface area contributed by atoms with Crippen molar-refractivity contribution < 1.29 is 9.53 Å². The highest BCUT2D eigenvalue weighted by atomic mass is 16.6. The maximum atomic E-state index is 11.9. The Kier molecular flexibility index (Phi) is 3.40. The van der Waals surface area contributed by atoms with Crippen LogP contribution in [-0.2, 0) is 17.6 Å². The Morgan fingerprint density at radius 2 is 2.19 bits per heavy atom. The molecule has 112 valence electrons. The molecule has 1 atom stereocenters. The van der Waals surface area contributed by atoms with Gasteiger partial charge in [-0.05, 0) is 63.8 Å². The summed E-state index contributed by atoms with van der Waals surface area (Å²) in [5.41, 5.74) is 3.47. The number of nitrogens with one attached hydrogen (secondary N) is 1. The summed E-state index contributed by atoms with van der Waals surface area (Å²) in [4.78, 5) is 11.9. The van der Waals surface area contributed by atoms with Crippen LogP contribution in [0.2, 0.25) is 0 Å². The lowest BCUT2D eigenvalue weighted by Crippen LogP contribution is -2.41. The van der Waals surface area contributed by atoms with Gasteiger partial charge in [-0.2, -0.15) is 0 Å². The molecule has 2 aromatic heterocycles. The van der Waals surface area contributed by atoms with Gasteiger partial charge >= 0.3 is 6.09 Å². The zero-order valence-corrected chi connectivity index (χ0v) is 12.8. The topological polar surface area (TPSA) is 42.7 Å². The van der Waals surface area contributed by atoms with Crippen LogP contribution in [0.15, 0.2) is 30.5 Å². The summed E-state index contributed by atoms with van der Waals surface area (Å²) in [6, 6.07) is 8.60. The van der Waals surface area contributed by atoms with Gasteiger partial charge in [0.15, 0.2) is 0 Å². The third kappa shape index (κ3) is 3.04. The maximum Gasteiger partial charge on any atom is 0.407 e. The largest absolute Gasteiger partial charge is 0.444 e. The highest BCUT2D eigenvalue weighted by Gasteiger charge is 2.25. The van der Waals surface area contributed by atoms with Crippen LogP contribution in [0, 0.1) is 0 Å². The van der Waals surface area contributed by atoms with Crippen LogP contribution in [0.1, 0.15) is 38.4 Å². The fraction of sp³-hybridized carbons (Fsp3) is 0.471. The zero-order valence-electron chi connectivity index (χ0n) is 12.8. The number of rotatable bonds is 1. The summed E-state index contributed by atoms with van der Waals surface area (Å²) < 4.78 is 7.58. The summed E-state index contributed by atoms with van der Waals surface area (Å²) in [6.45, 7) is 5.64. The second-order valence-corrected chi connectivity index (χ2v) is 6.70. The Balaban J connectivity index is 1.71. The molecule has 0 aliphatic heterocycles. The number of alkyl carbamates (subject to hydrolysis) is 1. The number of aromatic nitrogens is 1. The van der Waals surface area contributed by atoms with Crippen molar-refractivity contribution in [3.8, 4) is 0 Å². The number of hydrogen-bond donors (Lipinski definition) is 1. The van der Waals surface area contributed by atoms with Crippen LogP contribution < -0.4 is 5.32 Å². The molecule has 2 aromatic rings. The highest BCUT2D eigenvalue weighted by molar-refractivity contribution is 5.68. The molecule has 1 aliphatic rings. The van der Waals surface area contributed by atoms with E-state index < -0.39 is 5.60 Å². The van der Waals surface area contributed by atoms with Crippen LogP contribution in [0.3, 0.4) is 0 Å². The normalized spacial score (nSPS) is 18.3. The Morgan fingerprint density at radius 3 is 2.95 bits per heavy atom. The number of nitrogens with zero attached hydrogens (tertiary/aromatic N) is 1. The van der Waals surface area contributed by atoms with Gasteiger partial charge in [-0.1, -0.05) is 6.07 Å². The third-order valence-electron chi connectivity index (χ3n) is 3.79. The van der Waals surface area contributed by atoms with Crippen LogP contribution in [-0.4, -0.2) is 22.1 Å². The zero-order chi connectivity index (χ0) is 15.0. The fourth-order valence-electron chi connectivity index (χ4n) is 2.97. The minimum Gasteiger partial charge on any atom is -0.444 e. The molecule has 1 amide bonds. The van der Waals surface area contributed by atoms with Crippen molar-refractivity contribution in [3.63, 3.8) is 0 Å². The molecule has 1 N–H and O–H groups in total. The SMILES string of the molecule is CC(C)(C)OC(=O)NC1CCc2c(cc3ccccn23)C1. The predicted molar refractivity (Wildman–Crippen MR) is 82.6 cm³/mol. The molecule has 0 saturated heterocycles. The average Bonchev–Trinajstić information content (AvgIpc) is 2.73. The summed E-state index contributed by atoms with van der Waals surface area (Å²) >= 11 is 0. The molecule has 4 heteroatoms. The lowest BCUT2D eigenvalue weighted by molar-refractivity contribution is 0.0500. The molecule has 4 nitrogen and oxygen atoms in total. The number of carbonyl (C=O) groups is 1. The number of fused-ring (bicyclic) bond motifs is 3. The van der Waals surface area contributed by atoms with Gasteiger partial charge in [0.05, 0.1) is 0 Å². The predicted octanol–water partition coefficient (Wildman–Crippen LogP) is 3.32. The lowest BCUT2D eigenvalue weighted by Gasteiger charge is -2.26. The first-order chi connectivity index (χ1) is 9.92. The van der Waals surface area contributed by atoms with E-state index in [0.29, 0.717) is 0 Å². The van der Waals surface area contributed by atoms with Crippen molar-refractivity contribution in [1.82, 2.24) is 9.72 Å². The number of pyridine rings is 1. The molecule has 3 rings (SSSR count). The van der Waals surface area contributed by atoms with Gasteiger partial charge in [-0.25, -0.2) is 4.79 Å². The van der Waals surface area contributed by atoms with Crippen molar-refractivity contribution in [1.29, 1.82) is 0 Å². The summed E-state index contributed by atoms with van der Waals surface area (Å²) in [5, 5.41) is 2.99. The first kappa shape index (κ1) is 14.0. The van der Waals surface area contributed by atoms with Gasteiger partial charge in [0.2, 0.25) is 0 Å². The van der Waals surface area contributed by atoms with Crippen molar-refractivity contribution >= 4 is 11.6 Å². The first-order valence-electron chi connectivity index (χ1n) is 7.50. The van der Waals surface area contributed by atoms with Crippen LogP contribution in [0.5, 0.6) is 0 Å². The van der Waals surface area contributed by atoms with E-state index in [-0.39, 0.29) is 12.1 Å². The number of amides is 1. The van der Waals surface area contributed by atoms with Gasteiger partial charge in [0.25, 0.3) is 0 Å². The summed E-state index contributed by atoms with van der Waals surface area (Å²) in [6.07, 6.45) is 4.59. The van der Waals surface area contributed by atoms with E-state index in [1.165, 1.54) is 16.8 Å². The minimum absolute atomic E-state index is 0.157. The van der Waals surface area contributed by atoms with Gasteiger partial charge in [-0.15, -0.1) is 0 Å². The molecule has 0 bridgehead atoms. The van der Waals surface area contributed by atoms with Crippen LogP contribution in [0.25, 0.3) is 5.52 Å². The molecule has 21 heavy (non-hydrogen) atoms. The molecule has 2 heterocycles. The number of carbonyl (C=O) groups excluding carboxylic acids is 1. The lowest BCUT2D eigenvalue weighted by atomic mass is 9.93. The molecule has 1 aliphatic carbocycles. The minimum atomic E-state index is -0.450. The number of hydrogen-bond acceptors (Lipinski definition) is 2. The average molecular weight is 286 g/mol. The maximum absolute atomic E-state index is 11.9. The van der Waals surface area contributed by atoms with Crippen LogP contribution >= 0.6 is 0 Å². The standard InChI is InChI=1S/C17H22N2O2/c1-17(2,3)21-16(20)18-13-7-8-15-12(10-13)11-14-6-4-5-9-19(14)15/h4-6,9,11,13H,7-8,10H2,1-3H3,(H,18,20). The Morgan fingerprint density at radius 1 is 1.38 bits per heavy atom. The van der Waals surface area contributed by atoms with Crippen molar-refractivity contribution in [2.75, 3.05) is 0 Å². The third-order valence-corrected chi connectivity index (χ3v) is 3.79. The van der Waals surface area contributed by atoms with Crippen molar-refractivity contribution in [2.24, 2.45) is 0 Å². The van der Waals surface area contributed by atoms with E-state index in [4.69, 9.17) is 4.74 Å². The molecular formula is C17H22N2O2. The molecule has 0 spiro atoms. The van der Waals surface area contributed by atoms with E-state index in [0.717, 1.165) is 19.3 Å². The molecular weight excluding hydrogens is 264 g/mol. The van der Waals surface area contributed by atoms with Gasteiger partial charge < -0.3 is 14.5 Å². The van der Waals surface area contributed by atoms with E-state index in [1.54, 1.807) is 0 Å². The van der Waals surface area contributed by atoms with Gasteiger partial charge in [0.1, 0.15) is 5.60 Å². The van der Waals surface area contributed by atoms with E-state index >= 15 is 0 Å². The number of aryl methyl sites for hydroxylation is 1. The second-order valence-electron chi connectivity index (χ2n) is 6.70. The molecule has 0 aromatic carbocycles. The van der Waals surface area contributed by atoms with Gasteiger partial charge in [-0.3, -0.25) is 0 Å². The monoisotopic (exact) mass is 286 g/mol. The van der Waals surface area contributed by atoms with E-state index in [9.17, 15) is 4.79 Å². The smallest absolute Gasteiger partial charge is 0.407 e. The molecule has 1 unspecified atom stereocenters. The Hall–Kier alpha value is -1.97. The highest BCUT2D eigenvalue weighted by Crippen LogP contribution is 2.25. The van der Waals surface area contributed by atoms with Crippen LogP contribution in [0.4, 0.5) is 4.79 Å².